The first kappa shape index (κ1) is 22.8. The minimum absolute atomic E-state index is 0.0614. The molecule has 34 heavy (non-hydrogen) atoms. The van der Waals surface area contributed by atoms with Gasteiger partial charge in [-0.25, -0.2) is 4.98 Å². The van der Waals surface area contributed by atoms with Gasteiger partial charge in [-0.1, -0.05) is 6.07 Å². The van der Waals surface area contributed by atoms with Gasteiger partial charge in [0.1, 0.15) is 11.6 Å². The number of furan rings is 1. The number of aromatic nitrogens is 3. The van der Waals surface area contributed by atoms with Crippen LogP contribution in [0.15, 0.2) is 40.8 Å². The fourth-order valence-corrected chi connectivity index (χ4v) is 3.60. The van der Waals surface area contributed by atoms with Crippen LogP contribution in [0.25, 0.3) is 11.0 Å². The van der Waals surface area contributed by atoms with Crippen molar-refractivity contribution in [3.63, 3.8) is 0 Å². The van der Waals surface area contributed by atoms with Gasteiger partial charge in [0.2, 0.25) is 5.91 Å². The molecule has 0 saturated heterocycles. The summed E-state index contributed by atoms with van der Waals surface area (Å²) in [5, 5.41) is 5.38. The highest BCUT2D eigenvalue weighted by atomic mass is 16.6. The lowest BCUT2D eigenvalue weighted by molar-refractivity contribution is -0.116. The van der Waals surface area contributed by atoms with E-state index in [1.807, 2.05) is 46.0 Å². The summed E-state index contributed by atoms with van der Waals surface area (Å²) in [4.78, 5) is 30.3. The number of rotatable bonds is 6. The maximum atomic E-state index is 12.6. The third-order valence-electron chi connectivity index (χ3n) is 5.52. The lowest BCUT2D eigenvalue weighted by atomic mass is 10.1. The summed E-state index contributed by atoms with van der Waals surface area (Å²) in [6.07, 6.45) is 0. The monoisotopic (exact) mass is 462 g/mol. The Bertz CT molecular complexity index is 1400. The van der Waals surface area contributed by atoms with E-state index in [4.69, 9.17) is 9.15 Å². The number of pyridine rings is 1. The molecule has 0 aliphatic rings. The average Bonchev–Trinajstić information content (AvgIpc) is 3.37. The van der Waals surface area contributed by atoms with Crippen LogP contribution in [0.4, 0.5) is 11.5 Å². The first-order valence-electron chi connectivity index (χ1n) is 10.6. The summed E-state index contributed by atoms with van der Waals surface area (Å²) < 4.78 is 13.1. The molecule has 0 spiro atoms. The smallest absolute Gasteiger partial charge is 0.305 e. The van der Waals surface area contributed by atoms with Gasteiger partial charge >= 0.3 is 5.91 Å². The molecule has 4 aromatic rings. The van der Waals surface area contributed by atoms with Crippen molar-refractivity contribution < 1.29 is 18.7 Å². The van der Waals surface area contributed by atoms with Crippen molar-refractivity contribution in [2.24, 2.45) is 7.05 Å². The maximum absolute atomic E-state index is 12.6. The molecular weight excluding hydrogens is 436 g/mol. The normalized spacial score (nSPS) is 10.9. The van der Waals surface area contributed by atoms with Crippen LogP contribution >= 0.6 is 0 Å². The van der Waals surface area contributed by atoms with Crippen molar-refractivity contribution in [1.82, 2.24) is 20.2 Å². The molecule has 1 aromatic carbocycles. The van der Waals surface area contributed by atoms with Gasteiger partial charge < -0.3 is 14.1 Å². The number of amides is 2. The van der Waals surface area contributed by atoms with Crippen LogP contribution in [0.2, 0.25) is 0 Å². The zero-order valence-corrected chi connectivity index (χ0v) is 19.9. The van der Waals surface area contributed by atoms with Crippen LogP contribution < -0.4 is 20.5 Å². The van der Waals surface area contributed by atoms with Crippen LogP contribution in [0, 0.1) is 20.8 Å². The van der Waals surface area contributed by atoms with E-state index in [-0.39, 0.29) is 17.6 Å². The molecular formula is C24H26N6O4. The third-order valence-corrected chi connectivity index (χ3v) is 5.52. The van der Waals surface area contributed by atoms with E-state index < -0.39 is 5.91 Å². The maximum Gasteiger partial charge on any atom is 0.305 e. The average molecular weight is 463 g/mol. The molecule has 176 valence electrons. The van der Waals surface area contributed by atoms with Crippen LogP contribution in [0.1, 0.15) is 34.3 Å². The van der Waals surface area contributed by atoms with Gasteiger partial charge in [-0.15, -0.1) is 0 Å². The lowest BCUT2D eigenvalue weighted by Gasteiger charge is -2.16. The Labute approximate surface area is 196 Å². The largest absolute Gasteiger partial charge is 0.426 e. The highest BCUT2D eigenvalue weighted by molar-refractivity contribution is 5.93. The SMILES string of the molecule is CC(=O)N(C)c1ccc(C)c(Oc2ccc(C(=O)NNc3cc(C)c4c(C)nn(C)c4n3)o2)c1. The number of hydrogen-bond acceptors (Lipinski definition) is 7. The van der Waals surface area contributed by atoms with Crippen LogP contribution in [-0.2, 0) is 11.8 Å². The molecule has 0 atom stereocenters. The first-order valence-corrected chi connectivity index (χ1v) is 10.6. The van der Waals surface area contributed by atoms with E-state index in [1.165, 1.54) is 17.9 Å². The van der Waals surface area contributed by atoms with Crippen LogP contribution in [0.3, 0.4) is 0 Å². The van der Waals surface area contributed by atoms with Gasteiger partial charge in [0.15, 0.2) is 11.4 Å². The minimum atomic E-state index is -0.489. The van der Waals surface area contributed by atoms with Gasteiger partial charge in [-0.05, 0) is 50.1 Å². The van der Waals surface area contributed by atoms with Crippen molar-refractivity contribution >= 4 is 34.4 Å². The summed E-state index contributed by atoms with van der Waals surface area (Å²) in [5.74, 6) is 0.623. The zero-order valence-electron chi connectivity index (χ0n) is 19.9. The minimum Gasteiger partial charge on any atom is -0.426 e. The van der Waals surface area contributed by atoms with E-state index in [0.29, 0.717) is 17.3 Å². The molecule has 0 radical (unpaired) electrons. The van der Waals surface area contributed by atoms with Gasteiger partial charge in [0.05, 0.1) is 5.69 Å². The van der Waals surface area contributed by atoms with Crippen LogP contribution in [-0.4, -0.2) is 33.6 Å². The van der Waals surface area contributed by atoms with E-state index in [1.54, 1.807) is 23.9 Å². The van der Waals surface area contributed by atoms with Gasteiger partial charge in [0, 0.05) is 44.2 Å². The molecule has 3 aromatic heterocycles. The molecule has 3 heterocycles. The number of anilines is 2. The molecule has 10 nitrogen and oxygen atoms in total. The topological polar surface area (TPSA) is 115 Å². The van der Waals surface area contributed by atoms with E-state index in [2.05, 4.69) is 20.9 Å². The van der Waals surface area contributed by atoms with E-state index in [9.17, 15) is 9.59 Å². The fraction of sp³-hybridized carbons (Fsp3) is 0.250. The molecule has 0 unspecified atom stereocenters. The van der Waals surface area contributed by atoms with Gasteiger partial charge in [0.25, 0.3) is 5.95 Å². The molecule has 0 bridgehead atoms. The quantitative estimate of drug-likeness (QED) is 0.416. The van der Waals surface area contributed by atoms with E-state index in [0.717, 1.165) is 27.9 Å². The Morgan fingerprint density at radius 2 is 1.85 bits per heavy atom. The number of carbonyl (C=O) groups is 2. The molecule has 0 fully saturated rings. The Morgan fingerprint density at radius 1 is 1.09 bits per heavy atom. The molecule has 0 aliphatic heterocycles. The molecule has 0 aliphatic carbocycles. The standard InChI is InChI=1S/C24H26N6O4/c1-13-7-8-17(29(5)16(4)31)12-19(13)34-21-10-9-18(33-21)24(32)27-26-20-11-14(2)22-15(3)28-30(6)23(22)25-20/h7-12H,1-6H3,(H,25,26)(H,27,32). The number of nitrogens with one attached hydrogen (secondary N) is 2. The third kappa shape index (κ3) is 4.42. The summed E-state index contributed by atoms with van der Waals surface area (Å²) in [6, 6.07) is 10.3. The molecule has 10 heteroatoms. The van der Waals surface area contributed by atoms with Crippen molar-refractivity contribution in [1.29, 1.82) is 0 Å². The predicted octanol–water partition coefficient (Wildman–Crippen LogP) is 4.02. The fourth-order valence-electron chi connectivity index (χ4n) is 3.60. The summed E-state index contributed by atoms with van der Waals surface area (Å²) in [7, 11) is 3.51. The number of benzene rings is 1. The first-order chi connectivity index (χ1) is 16.1. The Morgan fingerprint density at radius 3 is 2.59 bits per heavy atom. The number of hydrazine groups is 1. The number of hydrogen-bond donors (Lipinski definition) is 2. The van der Waals surface area contributed by atoms with Gasteiger partial charge in [-0.2, -0.15) is 5.10 Å². The summed E-state index contributed by atoms with van der Waals surface area (Å²) >= 11 is 0. The number of ether oxygens (including phenoxy) is 1. The van der Waals surface area contributed by atoms with Crippen molar-refractivity contribution in [3.8, 4) is 11.7 Å². The second kappa shape index (κ2) is 8.89. The number of nitrogens with zero attached hydrogens (tertiary/aromatic N) is 4. The second-order valence-electron chi connectivity index (χ2n) is 8.06. The molecule has 4 rings (SSSR count). The van der Waals surface area contributed by atoms with Crippen LogP contribution in [0.5, 0.6) is 11.7 Å². The number of aryl methyl sites for hydroxylation is 4. The predicted molar refractivity (Wildman–Crippen MR) is 128 cm³/mol. The Hall–Kier alpha value is -4.34. The zero-order chi connectivity index (χ0) is 24.6. The van der Waals surface area contributed by atoms with Crippen molar-refractivity contribution in [2.45, 2.75) is 27.7 Å². The summed E-state index contributed by atoms with van der Waals surface area (Å²) in [5.41, 5.74) is 9.55. The highest BCUT2D eigenvalue weighted by Gasteiger charge is 2.16. The molecule has 2 amide bonds. The number of carbonyl (C=O) groups excluding carboxylic acids is 2. The Balaban J connectivity index is 1.45. The highest BCUT2D eigenvalue weighted by Crippen LogP contribution is 2.30. The van der Waals surface area contributed by atoms with Crippen molar-refractivity contribution in [2.75, 3.05) is 17.4 Å². The molecule has 0 saturated carbocycles. The molecule has 2 N–H and O–H groups in total. The van der Waals surface area contributed by atoms with E-state index >= 15 is 0 Å². The lowest BCUT2D eigenvalue weighted by Crippen LogP contribution is -2.29. The number of fused-ring (bicyclic) bond motifs is 1. The Kier molecular flexibility index (Phi) is 5.97. The summed E-state index contributed by atoms with van der Waals surface area (Å²) in [6.45, 7) is 7.26. The van der Waals surface area contributed by atoms with Gasteiger partial charge in [-0.3, -0.25) is 25.1 Å². The van der Waals surface area contributed by atoms with Crippen molar-refractivity contribution in [3.05, 3.63) is 59.0 Å². The second-order valence-corrected chi connectivity index (χ2v) is 8.06.